The van der Waals surface area contributed by atoms with Crippen molar-refractivity contribution < 1.29 is 40.2 Å². The summed E-state index contributed by atoms with van der Waals surface area (Å²) in [4.78, 5) is 7.50. The standard InChI is InChI=1S/C25H28F8N4O/c26-22-3-1-17(13-20(22)24(28,29)30)36-9-5-34(6-10-36)15-19(38)16-35-7-11-37(12-8-35)18-2-4-23(27)21(14-18)25(31,32)33/h1-4,13-14,19,38H,5-12,15-16H2. The van der Waals surface area contributed by atoms with E-state index in [1.54, 1.807) is 9.80 Å². The van der Waals surface area contributed by atoms with Gasteiger partial charge in [-0.2, -0.15) is 26.3 Å². The van der Waals surface area contributed by atoms with Crippen molar-refractivity contribution in [3.05, 3.63) is 59.2 Å². The quantitative estimate of drug-likeness (QED) is 0.541. The zero-order chi connectivity index (χ0) is 27.7. The fourth-order valence-corrected chi connectivity index (χ4v) is 4.89. The van der Waals surface area contributed by atoms with Crippen molar-refractivity contribution in [2.24, 2.45) is 0 Å². The summed E-state index contributed by atoms with van der Waals surface area (Å²) in [6.45, 7) is 4.45. The van der Waals surface area contributed by atoms with E-state index in [1.807, 2.05) is 9.80 Å². The fourth-order valence-electron chi connectivity index (χ4n) is 4.89. The Morgan fingerprint density at radius 1 is 0.605 bits per heavy atom. The highest BCUT2D eigenvalue weighted by Gasteiger charge is 2.36. The van der Waals surface area contributed by atoms with Crippen LogP contribution in [0.15, 0.2) is 36.4 Å². The number of halogens is 8. The summed E-state index contributed by atoms with van der Waals surface area (Å²) in [6.07, 6.45) is -10.2. The lowest BCUT2D eigenvalue weighted by atomic mass is 10.1. The fraction of sp³-hybridized carbons (Fsp3) is 0.520. The molecular formula is C25H28F8N4O. The average Bonchev–Trinajstić information content (AvgIpc) is 2.84. The van der Waals surface area contributed by atoms with Crippen LogP contribution in [0.1, 0.15) is 11.1 Å². The zero-order valence-electron chi connectivity index (χ0n) is 20.4. The summed E-state index contributed by atoms with van der Waals surface area (Å²) >= 11 is 0. The molecule has 2 aliphatic rings. The summed E-state index contributed by atoms with van der Waals surface area (Å²) in [5, 5.41) is 10.6. The highest BCUT2D eigenvalue weighted by molar-refractivity contribution is 5.51. The van der Waals surface area contributed by atoms with Gasteiger partial charge in [-0.1, -0.05) is 0 Å². The number of aliphatic hydroxyl groups excluding tert-OH is 1. The Kier molecular flexibility index (Phi) is 8.38. The molecule has 210 valence electrons. The van der Waals surface area contributed by atoms with Gasteiger partial charge in [0, 0.05) is 76.8 Å². The van der Waals surface area contributed by atoms with E-state index >= 15 is 0 Å². The molecule has 4 rings (SSSR count). The molecule has 5 nitrogen and oxygen atoms in total. The molecule has 2 heterocycles. The SMILES string of the molecule is OC(CN1CCN(c2ccc(F)c(C(F)(F)F)c2)CC1)CN1CCN(c2ccc(F)c(C(F)(F)F)c2)CC1. The summed E-state index contributed by atoms with van der Waals surface area (Å²) < 4.78 is 105. The lowest BCUT2D eigenvalue weighted by Crippen LogP contribution is -2.52. The third-order valence-corrected chi connectivity index (χ3v) is 6.92. The van der Waals surface area contributed by atoms with E-state index in [0.29, 0.717) is 76.8 Å². The number of aliphatic hydroxyl groups is 1. The molecule has 2 saturated heterocycles. The van der Waals surface area contributed by atoms with Crippen molar-refractivity contribution in [3.8, 4) is 0 Å². The molecule has 0 bridgehead atoms. The number of piperazine rings is 2. The van der Waals surface area contributed by atoms with E-state index in [4.69, 9.17) is 0 Å². The first-order valence-electron chi connectivity index (χ1n) is 12.2. The van der Waals surface area contributed by atoms with Gasteiger partial charge in [0.2, 0.25) is 0 Å². The van der Waals surface area contributed by atoms with Crippen molar-refractivity contribution in [1.29, 1.82) is 0 Å². The minimum atomic E-state index is -4.78. The summed E-state index contributed by atoms with van der Waals surface area (Å²) in [5.41, 5.74) is -2.01. The Hall–Kier alpha value is -2.64. The van der Waals surface area contributed by atoms with Gasteiger partial charge in [0.05, 0.1) is 17.2 Å². The average molecular weight is 553 g/mol. The smallest absolute Gasteiger partial charge is 0.390 e. The summed E-state index contributed by atoms with van der Waals surface area (Å²) in [6, 6.07) is 5.92. The molecule has 13 heteroatoms. The second kappa shape index (κ2) is 11.2. The minimum absolute atomic E-state index is 0.292. The highest BCUT2D eigenvalue weighted by Crippen LogP contribution is 2.35. The Morgan fingerprint density at radius 2 is 0.947 bits per heavy atom. The van der Waals surface area contributed by atoms with Crippen LogP contribution in [0.4, 0.5) is 46.5 Å². The third-order valence-electron chi connectivity index (χ3n) is 6.92. The van der Waals surface area contributed by atoms with E-state index in [2.05, 4.69) is 0 Å². The largest absolute Gasteiger partial charge is 0.419 e. The van der Waals surface area contributed by atoms with Crippen LogP contribution in [0, 0.1) is 11.6 Å². The molecule has 2 aliphatic heterocycles. The highest BCUT2D eigenvalue weighted by atomic mass is 19.4. The molecule has 0 spiro atoms. The predicted molar refractivity (Wildman–Crippen MR) is 126 cm³/mol. The number of rotatable bonds is 6. The van der Waals surface area contributed by atoms with Crippen LogP contribution >= 0.6 is 0 Å². The zero-order valence-corrected chi connectivity index (χ0v) is 20.4. The summed E-state index contributed by atoms with van der Waals surface area (Å²) in [7, 11) is 0. The Balaban J connectivity index is 1.23. The van der Waals surface area contributed by atoms with Crippen molar-refractivity contribution in [3.63, 3.8) is 0 Å². The van der Waals surface area contributed by atoms with Crippen molar-refractivity contribution in [2.75, 3.05) is 75.2 Å². The van der Waals surface area contributed by atoms with Gasteiger partial charge in [-0.3, -0.25) is 9.80 Å². The van der Waals surface area contributed by atoms with Crippen LogP contribution in [0.5, 0.6) is 0 Å². The van der Waals surface area contributed by atoms with E-state index in [1.165, 1.54) is 12.1 Å². The number of anilines is 2. The van der Waals surface area contributed by atoms with Gasteiger partial charge in [0.15, 0.2) is 0 Å². The molecule has 0 amide bonds. The maximum absolute atomic E-state index is 13.6. The number of hydrogen-bond acceptors (Lipinski definition) is 5. The van der Waals surface area contributed by atoms with E-state index in [-0.39, 0.29) is 0 Å². The molecule has 0 aliphatic carbocycles. The molecule has 0 atom stereocenters. The molecule has 2 aromatic carbocycles. The number of β-amino-alcohol motifs (C(OH)–C–C–N with tert-alkyl or cyclic N) is 1. The first-order chi connectivity index (χ1) is 17.8. The Labute approximate surface area is 214 Å². The maximum Gasteiger partial charge on any atom is 0.419 e. The molecule has 2 aromatic rings. The van der Waals surface area contributed by atoms with Gasteiger partial charge in [0.1, 0.15) is 11.6 Å². The number of nitrogens with zero attached hydrogens (tertiary/aromatic N) is 4. The molecule has 1 N–H and O–H groups in total. The van der Waals surface area contributed by atoms with E-state index in [9.17, 15) is 40.2 Å². The summed E-state index contributed by atoms with van der Waals surface area (Å²) in [5.74, 6) is -2.62. The lowest BCUT2D eigenvalue weighted by Gasteiger charge is -2.39. The minimum Gasteiger partial charge on any atom is -0.390 e. The maximum atomic E-state index is 13.6. The second-order valence-electron chi connectivity index (χ2n) is 9.55. The topological polar surface area (TPSA) is 33.2 Å². The first kappa shape index (κ1) is 28.4. The van der Waals surface area contributed by atoms with E-state index < -0.39 is 41.2 Å². The van der Waals surface area contributed by atoms with Crippen molar-refractivity contribution in [2.45, 2.75) is 18.5 Å². The molecule has 0 unspecified atom stereocenters. The van der Waals surface area contributed by atoms with Crippen LogP contribution in [0.25, 0.3) is 0 Å². The normalized spacial score (nSPS) is 18.5. The molecule has 0 saturated carbocycles. The van der Waals surface area contributed by atoms with Crippen LogP contribution in [0.2, 0.25) is 0 Å². The molecule has 38 heavy (non-hydrogen) atoms. The van der Waals surface area contributed by atoms with Crippen molar-refractivity contribution in [1.82, 2.24) is 9.80 Å². The molecule has 2 fully saturated rings. The lowest BCUT2D eigenvalue weighted by molar-refractivity contribution is -0.140. The predicted octanol–water partition coefficient (Wildman–Crippen LogP) is 4.31. The monoisotopic (exact) mass is 552 g/mol. The number of hydrogen-bond donors (Lipinski definition) is 1. The number of alkyl halides is 6. The van der Waals surface area contributed by atoms with Crippen LogP contribution in [0.3, 0.4) is 0 Å². The second-order valence-corrected chi connectivity index (χ2v) is 9.55. The Morgan fingerprint density at radius 3 is 1.26 bits per heavy atom. The number of benzene rings is 2. The first-order valence-corrected chi connectivity index (χ1v) is 12.2. The van der Waals surface area contributed by atoms with Gasteiger partial charge in [-0.25, -0.2) is 8.78 Å². The third kappa shape index (κ3) is 6.86. The van der Waals surface area contributed by atoms with Gasteiger partial charge < -0.3 is 14.9 Å². The van der Waals surface area contributed by atoms with Gasteiger partial charge in [-0.05, 0) is 36.4 Å². The van der Waals surface area contributed by atoms with Crippen LogP contribution in [-0.4, -0.2) is 86.5 Å². The van der Waals surface area contributed by atoms with Gasteiger partial charge in [0.25, 0.3) is 0 Å². The van der Waals surface area contributed by atoms with Gasteiger partial charge >= 0.3 is 12.4 Å². The Bertz CT molecular complexity index is 1010. The van der Waals surface area contributed by atoms with Gasteiger partial charge in [-0.15, -0.1) is 0 Å². The van der Waals surface area contributed by atoms with E-state index in [0.717, 1.165) is 24.3 Å². The molecular weight excluding hydrogens is 524 g/mol. The molecule has 0 radical (unpaired) electrons. The van der Waals surface area contributed by atoms with Crippen LogP contribution < -0.4 is 9.80 Å². The van der Waals surface area contributed by atoms with Crippen molar-refractivity contribution >= 4 is 11.4 Å². The molecule has 0 aromatic heterocycles. The van der Waals surface area contributed by atoms with Crippen LogP contribution in [-0.2, 0) is 12.4 Å².